The number of hydrogen-bond donors (Lipinski definition) is 1. The van der Waals surface area contributed by atoms with Crippen LogP contribution < -0.4 is 10.6 Å². The molecule has 18 heavy (non-hydrogen) atoms. The van der Waals surface area contributed by atoms with Crippen molar-refractivity contribution in [3.05, 3.63) is 30.1 Å². The summed E-state index contributed by atoms with van der Waals surface area (Å²) in [5.41, 5.74) is 6.41. The summed E-state index contributed by atoms with van der Waals surface area (Å²) in [6, 6.07) is 6.68. The molecule has 1 fully saturated rings. The monoisotopic (exact) mass is 247 g/mol. The molecular weight excluding hydrogens is 229 g/mol. The van der Waals surface area contributed by atoms with Crippen LogP contribution in [0.25, 0.3) is 0 Å². The Morgan fingerprint density at radius 1 is 1.06 bits per heavy atom. The maximum Gasteiger partial charge on any atom is 0.123 e. The summed E-state index contributed by atoms with van der Waals surface area (Å²) in [5, 5.41) is 0. The Kier molecular flexibility index (Phi) is 4.57. The van der Waals surface area contributed by atoms with Crippen LogP contribution in [0.15, 0.2) is 24.3 Å². The molecule has 0 bridgehead atoms. The Morgan fingerprint density at radius 2 is 1.72 bits per heavy atom. The summed E-state index contributed by atoms with van der Waals surface area (Å²) in [5.74, 6) is 5.74. The van der Waals surface area contributed by atoms with Gasteiger partial charge in [-0.05, 0) is 24.3 Å². The molecular formula is C14H18FN3. The number of anilines is 1. The number of rotatable bonds is 2. The normalized spacial score (nSPS) is 16.2. The van der Waals surface area contributed by atoms with Gasteiger partial charge in [0.25, 0.3) is 0 Å². The van der Waals surface area contributed by atoms with E-state index in [1.54, 1.807) is 0 Å². The van der Waals surface area contributed by atoms with E-state index in [0.717, 1.165) is 38.4 Å². The molecule has 0 spiro atoms. The van der Waals surface area contributed by atoms with Crippen molar-refractivity contribution in [1.29, 1.82) is 0 Å². The van der Waals surface area contributed by atoms with Crippen molar-refractivity contribution in [2.75, 3.05) is 44.2 Å². The SMILES string of the molecule is NCC#CCN1CCN(c2ccc(F)cc2)CC1. The Morgan fingerprint density at radius 3 is 2.33 bits per heavy atom. The lowest BCUT2D eigenvalue weighted by Gasteiger charge is -2.35. The zero-order valence-electron chi connectivity index (χ0n) is 10.4. The van der Waals surface area contributed by atoms with Crippen LogP contribution in [0.2, 0.25) is 0 Å². The topological polar surface area (TPSA) is 32.5 Å². The van der Waals surface area contributed by atoms with Gasteiger partial charge in [0, 0.05) is 31.9 Å². The van der Waals surface area contributed by atoms with Gasteiger partial charge in [0.15, 0.2) is 0 Å². The highest BCUT2D eigenvalue weighted by molar-refractivity contribution is 5.46. The predicted molar refractivity (Wildman–Crippen MR) is 71.9 cm³/mol. The second kappa shape index (κ2) is 6.39. The van der Waals surface area contributed by atoms with Gasteiger partial charge in [-0.1, -0.05) is 11.8 Å². The second-order valence-corrected chi connectivity index (χ2v) is 4.30. The molecule has 0 aromatic heterocycles. The van der Waals surface area contributed by atoms with Crippen molar-refractivity contribution in [2.24, 2.45) is 5.73 Å². The highest BCUT2D eigenvalue weighted by atomic mass is 19.1. The van der Waals surface area contributed by atoms with Crippen LogP contribution in [0.1, 0.15) is 0 Å². The van der Waals surface area contributed by atoms with Crippen LogP contribution in [0.3, 0.4) is 0 Å². The van der Waals surface area contributed by atoms with E-state index < -0.39 is 0 Å². The van der Waals surface area contributed by atoms with Crippen LogP contribution in [0, 0.1) is 17.7 Å². The van der Waals surface area contributed by atoms with Crippen molar-refractivity contribution in [3.63, 3.8) is 0 Å². The first-order chi connectivity index (χ1) is 8.79. The Labute approximate surface area is 107 Å². The molecule has 2 N–H and O–H groups in total. The number of benzene rings is 1. The maximum atomic E-state index is 12.8. The predicted octanol–water partition coefficient (Wildman–Crippen LogP) is 0.910. The smallest absolute Gasteiger partial charge is 0.123 e. The Hall–Kier alpha value is -1.57. The van der Waals surface area contributed by atoms with Crippen molar-refractivity contribution in [2.45, 2.75) is 0 Å². The minimum absolute atomic E-state index is 0.186. The highest BCUT2D eigenvalue weighted by Gasteiger charge is 2.16. The van der Waals surface area contributed by atoms with Gasteiger partial charge in [-0.3, -0.25) is 4.90 Å². The Bertz CT molecular complexity index is 425. The van der Waals surface area contributed by atoms with Gasteiger partial charge >= 0.3 is 0 Å². The van der Waals surface area contributed by atoms with Gasteiger partial charge in [0.05, 0.1) is 13.1 Å². The first-order valence-corrected chi connectivity index (χ1v) is 6.18. The van der Waals surface area contributed by atoms with Gasteiger partial charge < -0.3 is 10.6 Å². The largest absolute Gasteiger partial charge is 0.369 e. The summed E-state index contributed by atoms with van der Waals surface area (Å²) < 4.78 is 12.8. The van der Waals surface area contributed by atoms with Gasteiger partial charge in [-0.25, -0.2) is 4.39 Å². The number of halogens is 1. The third-order valence-electron chi connectivity index (χ3n) is 3.09. The lowest BCUT2D eigenvalue weighted by molar-refractivity contribution is 0.288. The standard InChI is InChI=1S/C14H18FN3/c15-13-3-5-14(6-4-13)18-11-9-17(10-12-18)8-2-1-7-16/h3-6H,7-12,16H2. The molecule has 1 aliphatic heterocycles. The van der Waals surface area contributed by atoms with Gasteiger partial charge in [0.2, 0.25) is 0 Å². The van der Waals surface area contributed by atoms with Gasteiger partial charge in [-0.2, -0.15) is 0 Å². The molecule has 1 aromatic rings. The molecule has 0 saturated carbocycles. The van der Waals surface area contributed by atoms with Crippen molar-refractivity contribution < 1.29 is 4.39 Å². The first-order valence-electron chi connectivity index (χ1n) is 6.18. The number of nitrogens with zero attached hydrogens (tertiary/aromatic N) is 2. The highest BCUT2D eigenvalue weighted by Crippen LogP contribution is 2.16. The maximum absolute atomic E-state index is 12.8. The lowest BCUT2D eigenvalue weighted by atomic mass is 10.2. The van der Waals surface area contributed by atoms with Crippen molar-refractivity contribution >= 4 is 5.69 Å². The molecule has 96 valence electrons. The van der Waals surface area contributed by atoms with E-state index in [2.05, 4.69) is 21.6 Å². The zero-order valence-corrected chi connectivity index (χ0v) is 10.4. The third-order valence-corrected chi connectivity index (χ3v) is 3.09. The van der Waals surface area contributed by atoms with E-state index in [9.17, 15) is 4.39 Å². The van der Waals surface area contributed by atoms with E-state index in [-0.39, 0.29) is 5.82 Å². The molecule has 3 nitrogen and oxygen atoms in total. The molecule has 1 aliphatic rings. The average Bonchev–Trinajstić information content (AvgIpc) is 2.41. The van der Waals surface area contributed by atoms with E-state index in [4.69, 9.17) is 5.73 Å². The number of piperazine rings is 1. The van der Waals surface area contributed by atoms with Crippen LogP contribution >= 0.6 is 0 Å². The molecule has 0 aliphatic carbocycles. The summed E-state index contributed by atoms with van der Waals surface area (Å²) >= 11 is 0. The molecule has 0 atom stereocenters. The summed E-state index contributed by atoms with van der Waals surface area (Å²) in [7, 11) is 0. The molecule has 1 aromatic carbocycles. The minimum Gasteiger partial charge on any atom is -0.369 e. The third kappa shape index (κ3) is 3.46. The summed E-state index contributed by atoms with van der Waals surface area (Å²) in [4.78, 5) is 4.58. The summed E-state index contributed by atoms with van der Waals surface area (Å²) in [6.45, 7) is 5.09. The van der Waals surface area contributed by atoms with Crippen LogP contribution in [0.4, 0.5) is 10.1 Å². The lowest BCUT2D eigenvalue weighted by Crippen LogP contribution is -2.46. The average molecular weight is 247 g/mol. The molecule has 1 saturated heterocycles. The fraction of sp³-hybridized carbons (Fsp3) is 0.429. The molecule has 1 heterocycles. The fourth-order valence-electron chi connectivity index (χ4n) is 2.06. The number of hydrogen-bond acceptors (Lipinski definition) is 3. The van der Waals surface area contributed by atoms with Gasteiger partial charge in [0.1, 0.15) is 5.82 Å². The summed E-state index contributed by atoms with van der Waals surface area (Å²) in [6.07, 6.45) is 0. The zero-order chi connectivity index (χ0) is 12.8. The van der Waals surface area contributed by atoms with Crippen molar-refractivity contribution in [3.8, 4) is 11.8 Å². The van der Waals surface area contributed by atoms with E-state index >= 15 is 0 Å². The van der Waals surface area contributed by atoms with Crippen LogP contribution in [-0.2, 0) is 0 Å². The van der Waals surface area contributed by atoms with Crippen LogP contribution in [0.5, 0.6) is 0 Å². The molecule has 0 unspecified atom stereocenters. The molecule has 0 amide bonds. The molecule has 4 heteroatoms. The quantitative estimate of drug-likeness (QED) is 0.789. The Balaban J connectivity index is 1.84. The van der Waals surface area contributed by atoms with E-state index in [1.807, 2.05) is 12.1 Å². The molecule has 2 rings (SSSR count). The van der Waals surface area contributed by atoms with Gasteiger partial charge in [-0.15, -0.1) is 0 Å². The fourth-order valence-corrected chi connectivity index (χ4v) is 2.06. The minimum atomic E-state index is -0.186. The van der Waals surface area contributed by atoms with Crippen molar-refractivity contribution in [1.82, 2.24) is 4.90 Å². The molecule has 0 radical (unpaired) electrons. The van der Waals surface area contributed by atoms with E-state index in [0.29, 0.717) is 6.54 Å². The number of nitrogens with two attached hydrogens (primary N) is 1. The first kappa shape index (κ1) is 12.9. The van der Waals surface area contributed by atoms with E-state index in [1.165, 1.54) is 12.1 Å². The second-order valence-electron chi connectivity index (χ2n) is 4.30. The van der Waals surface area contributed by atoms with Crippen LogP contribution in [-0.4, -0.2) is 44.2 Å².